The van der Waals surface area contributed by atoms with Crippen LogP contribution in [0.4, 0.5) is 10.5 Å². The summed E-state index contributed by atoms with van der Waals surface area (Å²) in [6, 6.07) is 10.3. The molecule has 4 rings (SSSR count). The molecule has 0 aromatic heterocycles. The Bertz CT molecular complexity index is 821. The average molecular weight is 470 g/mol. The van der Waals surface area contributed by atoms with E-state index in [1.54, 1.807) is 4.90 Å². The SMILES string of the molecule is CCC[C@H]1C[C@@H](N(C(=O)N2CCCC2C(=O)O)c2ccccc2)CCN1C1CC(C)C[C@@H](C)C1. The summed E-state index contributed by atoms with van der Waals surface area (Å²) in [6.07, 6.45) is 9.37. The number of amides is 2. The van der Waals surface area contributed by atoms with Crippen molar-refractivity contribution in [2.45, 2.75) is 103 Å². The van der Waals surface area contributed by atoms with Gasteiger partial charge >= 0.3 is 12.0 Å². The molecule has 2 amide bonds. The van der Waals surface area contributed by atoms with E-state index in [2.05, 4.69) is 25.7 Å². The Labute approximate surface area is 205 Å². The second-order valence-electron chi connectivity index (χ2n) is 11.1. The number of piperidine rings is 1. The first-order valence-corrected chi connectivity index (χ1v) is 13.5. The van der Waals surface area contributed by atoms with Gasteiger partial charge in [-0.3, -0.25) is 9.80 Å². The zero-order valence-electron chi connectivity index (χ0n) is 21.2. The van der Waals surface area contributed by atoms with Crippen molar-refractivity contribution in [3.05, 3.63) is 30.3 Å². The highest BCUT2D eigenvalue weighted by molar-refractivity contribution is 5.95. The summed E-state index contributed by atoms with van der Waals surface area (Å²) in [6.45, 7) is 8.59. The smallest absolute Gasteiger partial charge is 0.326 e. The Morgan fingerprint density at radius 2 is 1.71 bits per heavy atom. The van der Waals surface area contributed by atoms with E-state index in [0.29, 0.717) is 25.0 Å². The Morgan fingerprint density at radius 3 is 2.35 bits per heavy atom. The van der Waals surface area contributed by atoms with Gasteiger partial charge in [0.25, 0.3) is 0 Å². The van der Waals surface area contributed by atoms with Crippen LogP contribution in [-0.4, -0.2) is 64.2 Å². The molecule has 2 aliphatic heterocycles. The summed E-state index contributed by atoms with van der Waals surface area (Å²) in [5.74, 6) is 0.664. The van der Waals surface area contributed by atoms with Crippen molar-refractivity contribution < 1.29 is 14.7 Å². The molecule has 3 aliphatic rings. The zero-order chi connectivity index (χ0) is 24.2. The summed E-state index contributed by atoms with van der Waals surface area (Å²) in [7, 11) is 0. The Morgan fingerprint density at radius 1 is 1.00 bits per heavy atom. The van der Waals surface area contributed by atoms with E-state index in [0.717, 1.165) is 56.2 Å². The molecule has 0 spiro atoms. The fourth-order valence-corrected chi connectivity index (χ4v) is 7.01. The first-order chi connectivity index (χ1) is 16.4. The summed E-state index contributed by atoms with van der Waals surface area (Å²) in [5, 5.41) is 9.71. The van der Waals surface area contributed by atoms with E-state index < -0.39 is 12.0 Å². The normalized spacial score (nSPS) is 32.5. The van der Waals surface area contributed by atoms with Gasteiger partial charge in [0, 0.05) is 36.9 Å². The van der Waals surface area contributed by atoms with Crippen LogP contribution in [0.25, 0.3) is 0 Å². The number of para-hydroxylation sites is 1. The number of carbonyl (C=O) groups excluding carboxylic acids is 1. The summed E-state index contributed by atoms with van der Waals surface area (Å²) in [5.41, 5.74) is 0.886. The van der Waals surface area contributed by atoms with Crippen molar-refractivity contribution in [1.29, 1.82) is 0 Å². The van der Waals surface area contributed by atoms with Crippen molar-refractivity contribution in [2.24, 2.45) is 11.8 Å². The highest BCUT2D eigenvalue weighted by Gasteiger charge is 2.42. The van der Waals surface area contributed by atoms with Gasteiger partial charge in [-0.2, -0.15) is 0 Å². The van der Waals surface area contributed by atoms with Crippen molar-refractivity contribution in [3.63, 3.8) is 0 Å². The fraction of sp³-hybridized carbons (Fsp3) is 0.714. The third kappa shape index (κ3) is 5.42. The first kappa shape index (κ1) is 25.0. The average Bonchev–Trinajstić information content (AvgIpc) is 3.30. The molecule has 34 heavy (non-hydrogen) atoms. The minimum Gasteiger partial charge on any atom is -0.480 e. The Hall–Kier alpha value is -2.08. The van der Waals surface area contributed by atoms with E-state index in [-0.39, 0.29) is 12.1 Å². The second-order valence-corrected chi connectivity index (χ2v) is 11.1. The van der Waals surface area contributed by atoms with E-state index in [4.69, 9.17) is 0 Å². The minimum atomic E-state index is -0.891. The largest absolute Gasteiger partial charge is 0.480 e. The van der Waals surface area contributed by atoms with Crippen LogP contribution in [0.3, 0.4) is 0 Å². The van der Waals surface area contributed by atoms with Crippen LogP contribution in [0.1, 0.15) is 78.6 Å². The van der Waals surface area contributed by atoms with Crippen molar-refractivity contribution in [2.75, 3.05) is 18.0 Å². The van der Waals surface area contributed by atoms with Gasteiger partial charge in [-0.1, -0.05) is 45.4 Å². The fourth-order valence-electron chi connectivity index (χ4n) is 7.01. The van der Waals surface area contributed by atoms with Crippen LogP contribution in [0.2, 0.25) is 0 Å². The van der Waals surface area contributed by atoms with Crippen molar-refractivity contribution >= 4 is 17.7 Å². The van der Waals surface area contributed by atoms with Crippen LogP contribution in [-0.2, 0) is 4.79 Å². The molecule has 2 heterocycles. The summed E-state index contributed by atoms with van der Waals surface area (Å²) >= 11 is 0. The molecule has 188 valence electrons. The van der Waals surface area contributed by atoms with E-state index in [1.807, 2.05) is 35.2 Å². The zero-order valence-corrected chi connectivity index (χ0v) is 21.2. The monoisotopic (exact) mass is 469 g/mol. The van der Waals surface area contributed by atoms with Gasteiger partial charge in [-0.25, -0.2) is 9.59 Å². The van der Waals surface area contributed by atoms with E-state index in [9.17, 15) is 14.7 Å². The summed E-state index contributed by atoms with van der Waals surface area (Å²) in [4.78, 5) is 32.0. The molecule has 1 aliphatic carbocycles. The highest BCUT2D eigenvalue weighted by Crippen LogP contribution is 2.37. The molecule has 6 atom stereocenters. The van der Waals surface area contributed by atoms with Crippen LogP contribution in [0, 0.1) is 11.8 Å². The van der Waals surface area contributed by atoms with Gasteiger partial charge < -0.3 is 10.0 Å². The summed E-state index contributed by atoms with van der Waals surface area (Å²) < 4.78 is 0. The number of hydrogen-bond acceptors (Lipinski definition) is 3. The highest BCUT2D eigenvalue weighted by atomic mass is 16.4. The molecule has 1 aromatic rings. The van der Waals surface area contributed by atoms with Crippen LogP contribution < -0.4 is 4.90 Å². The number of urea groups is 1. The molecule has 1 saturated carbocycles. The molecule has 3 fully saturated rings. The maximum Gasteiger partial charge on any atom is 0.326 e. The van der Waals surface area contributed by atoms with E-state index in [1.165, 1.54) is 19.3 Å². The van der Waals surface area contributed by atoms with Gasteiger partial charge in [0.05, 0.1) is 0 Å². The predicted octanol–water partition coefficient (Wildman–Crippen LogP) is 5.62. The lowest BCUT2D eigenvalue weighted by molar-refractivity contribution is -0.141. The van der Waals surface area contributed by atoms with Crippen LogP contribution >= 0.6 is 0 Å². The second kappa shape index (κ2) is 11.1. The molecule has 2 saturated heterocycles. The van der Waals surface area contributed by atoms with Gasteiger partial charge in [-0.05, 0) is 75.3 Å². The third-order valence-electron chi connectivity index (χ3n) is 8.37. The molecular formula is C28H43N3O3. The molecule has 6 nitrogen and oxygen atoms in total. The molecule has 1 aromatic carbocycles. The molecular weight excluding hydrogens is 426 g/mol. The lowest BCUT2D eigenvalue weighted by Crippen LogP contribution is -2.58. The molecule has 3 unspecified atom stereocenters. The molecule has 0 bridgehead atoms. The number of likely N-dealkylation sites (tertiary alicyclic amines) is 2. The van der Waals surface area contributed by atoms with Gasteiger partial charge in [0.2, 0.25) is 0 Å². The number of carbonyl (C=O) groups is 2. The Balaban J connectivity index is 1.57. The number of benzene rings is 1. The minimum absolute atomic E-state index is 0.0937. The number of rotatable bonds is 6. The predicted molar refractivity (Wildman–Crippen MR) is 136 cm³/mol. The number of nitrogens with zero attached hydrogens (tertiary/aromatic N) is 3. The quantitative estimate of drug-likeness (QED) is 0.587. The van der Waals surface area contributed by atoms with Crippen molar-refractivity contribution in [3.8, 4) is 0 Å². The lowest BCUT2D eigenvalue weighted by atomic mass is 9.78. The van der Waals surface area contributed by atoms with Crippen LogP contribution in [0.5, 0.6) is 0 Å². The maximum atomic E-state index is 13.9. The molecule has 0 radical (unpaired) electrons. The maximum absolute atomic E-state index is 13.9. The van der Waals surface area contributed by atoms with E-state index >= 15 is 0 Å². The topological polar surface area (TPSA) is 64.1 Å². The van der Waals surface area contributed by atoms with Gasteiger partial charge in [-0.15, -0.1) is 0 Å². The number of aliphatic carboxylic acids is 1. The van der Waals surface area contributed by atoms with Crippen LogP contribution in [0.15, 0.2) is 30.3 Å². The standard InChI is InChI=1S/C28H43N3O3/c1-4-9-23-19-24(13-15-29(23)25-17-20(2)16-21(3)18-25)31(22-10-6-5-7-11-22)28(34)30-14-8-12-26(30)27(32)33/h5-7,10-11,20-21,23-26H,4,8-9,12-19H2,1-3H3,(H,32,33)/t20-,21?,23+,24+,25?,26?/m1/s1. The third-order valence-corrected chi connectivity index (χ3v) is 8.37. The number of carboxylic acid groups (broad SMARTS) is 1. The van der Waals surface area contributed by atoms with Gasteiger partial charge in [0.15, 0.2) is 0 Å². The first-order valence-electron chi connectivity index (χ1n) is 13.5. The number of anilines is 1. The van der Waals surface area contributed by atoms with Gasteiger partial charge in [0.1, 0.15) is 6.04 Å². The lowest BCUT2D eigenvalue weighted by Gasteiger charge is -2.49. The number of hydrogen-bond donors (Lipinski definition) is 1. The number of carboxylic acids is 1. The van der Waals surface area contributed by atoms with Crippen molar-refractivity contribution in [1.82, 2.24) is 9.80 Å². The molecule has 6 heteroatoms. The molecule has 1 N–H and O–H groups in total. The Kier molecular flexibility index (Phi) is 8.18.